The van der Waals surface area contributed by atoms with Gasteiger partial charge in [-0.1, -0.05) is 0 Å². The van der Waals surface area contributed by atoms with Gasteiger partial charge in [0.2, 0.25) is 0 Å². The number of thiol groups is 1. The van der Waals surface area contributed by atoms with Gasteiger partial charge < -0.3 is 11.5 Å². The molecule has 9 heavy (non-hydrogen) atoms. The highest BCUT2D eigenvalue weighted by Crippen LogP contribution is 1.90. The first kappa shape index (κ1) is 8.94. The van der Waals surface area contributed by atoms with E-state index in [1.54, 1.807) is 0 Å². The molecule has 0 radical (unpaired) electrons. The molecule has 0 spiro atoms. The second-order valence-electron chi connectivity index (χ2n) is 1.79. The van der Waals surface area contributed by atoms with E-state index in [-0.39, 0.29) is 12.3 Å². The zero-order valence-electron chi connectivity index (χ0n) is 5.21. The monoisotopic (exact) mass is 148 g/mol. The lowest BCUT2D eigenvalue weighted by atomic mass is 10.1. The Hall–Kier alpha value is -0.0600. The Morgan fingerprint density at radius 1 is 1.67 bits per heavy atom. The number of Topliss-reactive ketones (excluding diaryl/α,β-unsaturated/α-hetero) is 1. The standard InChI is InChI=1S/C5H12N2OS/c6-3-5(8)4(7)1-2-9/h4,9H,1-3,6-7H2/t4-/m0/s1. The van der Waals surface area contributed by atoms with Crippen LogP contribution < -0.4 is 11.5 Å². The molecule has 4 heteroatoms. The highest BCUT2D eigenvalue weighted by Gasteiger charge is 2.08. The summed E-state index contributed by atoms with van der Waals surface area (Å²) in [7, 11) is 0. The second kappa shape index (κ2) is 4.78. The fourth-order valence-corrected chi connectivity index (χ4v) is 0.730. The Morgan fingerprint density at radius 3 is 2.56 bits per heavy atom. The molecule has 54 valence electrons. The summed E-state index contributed by atoms with van der Waals surface area (Å²) in [5.41, 5.74) is 10.4. The fraction of sp³-hybridized carbons (Fsp3) is 0.800. The minimum Gasteiger partial charge on any atom is -0.324 e. The third kappa shape index (κ3) is 3.51. The maximum Gasteiger partial charge on any atom is 0.163 e. The molecule has 0 saturated heterocycles. The largest absolute Gasteiger partial charge is 0.324 e. The molecule has 0 aromatic heterocycles. The summed E-state index contributed by atoms with van der Waals surface area (Å²) < 4.78 is 0. The summed E-state index contributed by atoms with van der Waals surface area (Å²) in [6.45, 7) is 0.0367. The van der Waals surface area contributed by atoms with Gasteiger partial charge in [-0.25, -0.2) is 0 Å². The van der Waals surface area contributed by atoms with Gasteiger partial charge in [0.25, 0.3) is 0 Å². The Balaban J connectivity index is 3.45. The molecule has 3 nitrogen and oxygen atoms in total. The van der Waals surface area contributed by atoms with Crippen LogP contribution in [0, 0.1) is 0 Å². The van der Waals surface area contributed by atoms with E-state index in [0.717, 1.165) is 0 Å². The van der Waals surface area contributed by atoms with Gasteiger partial charge in [-0.05, 0) is 12.2 Å². The average Bonchev–Trinajstić information content (AvgIpc) is 1.87. The normalized spacial score (nSPS) is 13.2. The molecule has 0 bridgehead atoms. The maximum atomic E-state index is 10.6. The molecule has 0 unspecified atom stereocenters. The van der Waals surface area contributed by atoms with Crippen LogP contribution in [0.5, 0.6) is 0 Å². The number of carbonyl (C=O) groups is 1. The molecule has 0 amide bonds. The van der Waals surface area contributed by atoms with E-state index < -0.39 is 6.04 Å². The molecule has 0 aliphatic rings. The van der Waals surface area contributed by atoms with E-state index in [9.17, 15) is 4.79 Å². The number of carbonyl (C=O) groups excluding carboxylic acids is 1. The van der Waals surface area contributed by atoms with Crippen molar-refractivity contribution in [1.82, 2.24) is 0 Å². The smallest absolute Gasteiger partial charge is 0.163 e. The Labute approximate surface area is 60.2 Å². The van der Waals surface area contributed by atoms with Gasteiger partial charge in [0.1, 0.15) is 0 Å². The van der Waals surface area contributed by atoms with Crippen molar-refractivity contribution in [3.8, 4) is 0 Å². The molecule has 1 atom stereocenters. The quantitative estimate of drug-likeness (QED) is 0.455. The molecule has 0 aromatic rings. The van der Waals surface area contributed by atoms with Gasteiger partial charge >= 0.3 is 0 Å². The number of hydrogen-bond acceptors (Lipinski definition) is 4. The van der Waals surface area contributed by atoms with Crippen molar-refractivity contribution in [2.24, 2.45) is 11.5 Å². The van der Waals surface area contributed by atoms with Crippen LogP contribution in [0.15, 0.2) is 0 Å². The van der Waals surface area contributed by atoms with E-state index in [1.807, 2.05) is 0 Å². The molecule has 0 saturated carbocycles. The highest BCUT2D eigenvalue weighted by atomic mass is 32.1. The predicted molar refractivity (Wildman–Crippen MR) is 40.5 cm³/mol. The summed E-state index contributed by atoms with van der Waals surface area (Å²) in [6.07, 6.45) is 0.610. The topological polar surface area (TPSA) is 69.1 Å². The van der Waals surface area contributed by atoms with E-state index in [1.165, 1.54) is 0 Å². The predicted octanol–water partition coefficient (Wildman–Crippen LogP) is -0.839. The number of nitrogens with two attached hydrogens (primary N) is 2. The van der Waals surface area contributed by atoms with Gasteiger partial charge in [-0.3, -0.25) is 4.79 Å². The second-order valence-corrected chi connectivity index (χ2v) is 2.24. The summed E-state index contributed by atoms with van der Waals surface area (Å²) in [5.74, 6) is 0.538. The van der Waals surface area contributed by atoms with Crippen molar-refractivity contribution >= 4 is 18.4 Å². The van der Waals surface area contributed by atoms with E-state index in [4.69, 9.17) is 11.5 Å². The Morgan fingerprint density at radius 2 is 2.22 bits per heavy atom. The first-order chi connectivity index (χ1) is 4.22. The van der Waals surface area contributed by atoms with Crippen LogP contribution in [0.3, 0.4) is 0 Å². The summed E-state index contributed by atoms with van der Waals surface area (Å²) in [4.78, 5) is 10.6. The molecule has 0 aliphatic carbocycles. The van der Waals surface area contributed by atoms with Gasteiger partial charge in [0.15, 0.2) is 5.78 Å². The molecule has 0 fully saturated rings. The van der Waals surface area contributed by atoms with Crippen LogP contribution in [0.2, 0.25) is 0 Å². The SMILES string of the molecule is NCC(=O)[C@@H](N)CCS. The molecular formula is C5H12N2OS. The van der Waals surface area contributed by atoms with E-state index in [2.05, 4.69) is 12.6 Å². The maximum absolute atomic E-state index is 10.6. The minimum atomic E-state index is -0.410. The molecule has 0 rings (SSSR count). The van der Waals surface area contributed by atoms with E-state index >= 15 is 0 Å². The third-order valence-electron chi connectivity index (χ3n) is 1.05. The van der Waals surface area contributed by atoms with Crippen molar-refractivity contribution < 1.29 is 4.79 Å². The highest BCUT2D eigenvalue weighted by molar-refractivity contribution is 7.80. The van der Waals surface area contributed by atoms with Crippen LogP contribution in [0.1, 0.15) is 6.42 Å². The Bertz CT molecular complexity index is 97.0. The lowest BCUT2D eigenvalue weighted by molar-refractivity contribution is -0.118. The zero-order chi connectivity index (χ0) is 7.28. The molecule has 0 aromatic carbocycles. The molecular weight excluding hydrogens is 136 g/mol. The van der Waals surface area contributed by atoms with Crippen molar-refractivity contribution in [2.75, 3.05) is 12.3 Å². The van der Waals surface area contributed by atoms with Gasteiger partial charge in [0.05, 0.1) is 12.6 Å². The van der Waals surface area contributed by atoms with Crippen molar-refractivity contribution in [2.45, 2.75) is 12.5 Å². The van der Waals surface area contributed by atoms with Crippen LogP contribution in [-0.4, -0.2) is 24.1 Å². The van der Waals surface area contributed by atoms with Crippen molar-refractivity contribution in [3.05, 3.63) is 0 Å². The first-order valence-corrected chi connectivity index (χ1v) is 3.44. The number of ketones is 1. The zero-order valence-corrected chi connectivity index (χ0v) is 6.10. The summed E-state index contributed by atoms with van der Waals surface area (Å²) in [5, 5.41) is 0. The van der Waals surface area contributed by atoms with Crippen LogP contribution >= 0.6 is 12.6 Å². The summed E-state index contributed by atoms with van der Waals surface area (Å²) in [6, 6.07) is -0.410. The Kier molecular flexibility index (Phi) is 4.75. The van der Waals surface area contributed by atoms with Crippen molar-refractivity contribution in [3.63, 3.8) is 0 Å². The van der Waals surface area contributed by atoms with Gasteiger partial charge in [0, 0.05) is 0 Å². The summed E-state index contributed by atoms with van der Waals surface area (Å²) >= 11 is 3.92. The fourth-order valence-electron chi connectivity index (χ4n) is 0.451. The number of rotatable bonds is 4. The average molecular weight is 148 g/mol. The molecule has 4 N–H and O–H groups in total. The lowest BCUT2D eigenvalue weighted by Crippen LogP contribution is -2.35. The third-order valence-corrected chi connectivity index (χ3v) is 1.31. The van der Waals surface area contributed by atoms with Gasteiger partial charge in [-0.15, -0.1) is 0 Å². The molecule has 0 aliphatic heterocycles. The van der Waals surface area contributed by atoms with Crippen molar-refractivity contribution in [1.29, 1.82) is 0 Å². The lowest BCUT2D eigenvalue weighted by Gasteiger charge is -2.04. The molecule has 0 heterocycles. The first-order valence-electron chi connectivity index (χ1n) is 2.81. The van der Waals surface area contributed by atoms with Crippen LogP contribution in [-0.2, 0) is 4.79 Å². The van der Waals surface area contributed by atoms with Crippen LogP contribution in [0.4, 0.5) is 0 Å². The van der Waals surface area contributed by atoms with Gasteiger partial charge in [-0.2, -0.15) is 12.6 Å². The number of hydrogen-bond donors (Lipinski definition) is 3. The van der Waals surface area contributed by atoms with E-state index in [0.29, 0.717) is 12.2 Å². The minimum absolute atomic E-state index is 0.0367. The van der Waals surface area contributed by atoms with Crippen LogP contribution in [0.25, 0.3) is 0 Å².